The van der Waals surface area contributed by atoms with E-state index >= 15 is 0 Å². The maximum Gasteiger partial charge on any atom is 0.164 e. The predicted octanol–water partition coefficient (Wildman–Crippen LogP) is 2.82. The Bertz CT molecular complexity index is 531. The zero-order valence-corrected chi connectivity index (χ0v) is 9.38. The molecule has 1 heterocycles. The van der Waals surface area contributed by atoms with Gasteiger partial charge in [-0.1, -0.05) is 18.5 Å². The fourth-order valence-corrected chi connectivity index (χ4v) is 1.91. The smallest absolute Gasteiger partial charge is 0.164 e. The Labute approximate surface area is 92.6 Å². The summed E-state index contributed by atoms with van der Waals surface area (Å²) in [6.45, 7) is 1.83. The van der Waals surface area contributed by atoms with Crippen molar-refractivity contribution in [2.24, 2.45) is 7.05 Å². The van der Waals surface area contributed by atoms with Gasteiger partial charge in [-0.05, 0) is 12.1 Å². The first-order chi connectivity index (χ1) is 7.15. The number of hydrogen-bond acceptors (Lipinski definition) is 2. The molecule has 2 aromatic rings. The summed E-state index contributed by atoms with van der Waals surface area (Å²) in [7, 11) is 1.85. The highest BCUT2D eigenvalue weighted by molar-refractivity contribution is 6.38. The van der Waals surface area contributed by atoms with Crippen molar-refractivity contribution in [2.45, 2.75) is 13.3 Å². The maximum atomic E-state index is 11.6. The molecule has 2 rings (SSSR count). The molecule has 0 unspecified atom stereocenters. The van der Waals surface area contributed by atoms with Crippen molar-refractivity contribution in [2.75, 3.05) is 0 Å². The van der Waals surface area contributed by atoms with Gasteiger partial charge >= 0.3 is 0 Å². The number of carbonyl (C=O) groups excluding carboxylic acids is 1. The fraction of sp³-hybridized carbons (Fsp3) is 0.273. The van der Waals surface area contributed by atoms with Crippen LogP contribution >= 0.6 is 11.6 Å². The molecule has 0 aliphatic rings. The number of fused-ring (bicyclic) bond motifs is 1. The van der Waals surface area contributed by atoms with Gasteiger partial charge in [0, 0.05) is 24.4 Å². The second-order valence-electron chi connectivity index (χ2n) is 3.40. The topological polar surface area (TPSA) is 34.9 Å². The van der Waals surface area contributed by atoms with Crippen LogP contribution in [0.3, 0.4) is 0 Å². The van der Waals surface area contributed by atoms with Crippen molar-refractivity contribution < 1.29 is 4.79 Å². The second kappa shape index (κ2) is 3.66. The average molecular weight is 223 g/mol. The third-order valence-electron chi connectivity index (χ3n) is 2.49. The van der Waals surface area contributed by atoms with Crippen LogP contribution in [0.1, 0.15) is 23.7 Å². The molecule has 0 amide bonds. The lowest BCUT2D eigenvalue weighted by atomic mass is 10.1. The van der Waals surface area contributed by atoms with E-state index < -0.39 is 0 Å². The molecule has 0 saturated heterocycles. The van der Waals surface area contributed by atoms with E-state index in [4.69, 9.17) is 11.6 Å². The summed E-state index contributed by atoms with van der Waals surface area (Å²) < 4.78 is 1.74. The minimum absolute atomic E-state index is 0.0609. The summed E-state index contributed by atoms with van der Waals surface area (Å²) in [4.78, 5) is 11.6. The summed E-state index contributed by atoms with van der Waals surface area (Å²) in [6.07, 6.45) is 2.15. The van der Waals surface area contributed by atoms with Gasteiger partial charge in [0.25, 0.3) is 0 Å². The van der Waals surface area contributed by atoms with Crippen molar-refractivity contribution in [1.82, 2.24) is 9.78 Å². The second-order valence-corrected chi connectivity index (χ2v) is 3.78. The average Bonchev–Trinajstić information content (AvgIpc) is 2.61. The van der Waals surface area contributed by atoms with Crippen LogP contribution in [-0.4, -0.2) is 15.6 Å². The molecule has 0 aliphatic carbocycles. The van der Waals surface area contributed by atoms with Crippen molar-refractivity contribution in [3.63, 3.8) is 0 Å². The molecule has 0 N–H and O–H groups in total. The molecule has 78 valence electrons. The Morgan fingerprint density at radius 3 is 2.93 bits per heavy atom. The number of rotatable bonds is 2. The van der Waals surface area contributed by atoms with Gasteiger partial charge in [0.1, 0.15) is 0 Å². The van der Waals surface area contributed by atoms with Gasteiger partial charge in [-0.3, -0.25) is 9.48 Å². The number of ketones is 1. The van der Waals surface area contributed by atoms with Crippen molar-refractivity contribution in [3.05, 3.63) is 28.9 Å². The van der Waals surface area contributed by atoms with Crippen LogP contribution in [0.4, 0.5) is 0 Å². The Morgan fingerprint density at radius 1 is 1.53 bits per heavy atom. The lowest BCUT2D eigenvalue weighted by Gasteiger charge is -2.02. The molecule has 3 nitrogen and oxygen atoms in total. The van der Waals surface area contributed by atoms with E-state index in [1.807, 2.05) is 20.0 Å². The van der Waals surface area contributed by atoms with E-state index in [1.54, 1.807) is 16.9 Å². The van der Waals surface area contributed by atoms with Gasteiger partial charge in [-0.25, -0.2) is 0 Å². The zero-order valence-electron chi connectivity index (χ0n) is 8.62. The first-order valence-electron chi connectivity index (χ1n) is 4.78. The first-order valence-corrected chi connectivity index (χ1v) is 5.16. The van der Waals surface area contributed by atoms with E-state index in [1.165, 1.54) is 0 Å². The van der Waals surface area contributed by atoms with Crippen LogP contribution in [0.15, 0.2) is 18.3 Å². The molecule has 15 heavy (non-hydrogen) atoms. The first kappa shape index (κ1) is 10.2. The summed E-state index contributed by atoms with van der Waals surface area (Å²) in [6, 6.07) is 3.63. The number of aryl methyl sites for hydroxylation is 1. The lowest BCUT2D eigenvalue weighted by Crippen LogP contribution is -1.98. The molecular weight excluding hydrogens is 212 g/mol. The Kier molecular flexibility index (Phi) is 2.49. The van der Waals surface area contributed by atoms with E-state index in [0.717, 1.165) is 10.9 Å². The summed E-state index contributed by atoms with van der Waals surface area (Å²) >= 11 is 6.15. The van der Waals surface area contributed by atoms with E-state index in [2.05, 4.69) is 5.10 Å². The van der Waals surface area contributed by atoms with Gasteiger partial charge in [0.05, 0.1) is 16.7 Å². The van der Waals surface area contributed by atoms with Crippen molar-refractivity contribution in [3.8, 4) is 0 Å². The molecular formula is C11H11ClN2O. The lowest BCUT2D eigenvalue weighted by molar-refractivity contribution is 0.0988. The highest BCUT2D eigenvalue weighted by Crippen LogP contribution is 2.27. The molecule has 4 heteroatoms. The van der Waals surface area contributed by atoms with Crippen LogP contribution in [0.2, 0.25) is 5.02 Å². The minimum Gasteiger partial charge on any atom is -0.294 e. The number of benzene rings is 1. The number of carbonyl (C=O) groups is 1. The van der Waals surface area contributed by atoms with E-state index in [-0.39, 0.29) is 5.78 Å². The molecule has 0 radical (unpaired) electrons. The number of aromatic nitrogens is 2. The normalized spacial score (nSPS) is 10.9. The van der Waals surface area contributed by atoms with E-state index in [9.17, 15) is 4.79 Å². The van der Waals surface area contributed by atoms with Crippen molar-refractivity contribution in [1.29, 1.82) is 0 Å². The standard InChI is InChI=1S/C11H11ClN2O/c1-3-10(15)7-4-5-9-8(11(7)12)6-13-14(9)2/h4-6H,3H2,1-2H3. The van der Waals surface area contributed by atoms with Crippen molar-refractivity contribution >= 4 is 28.3 Å². The Morgan fingerprint density at radius 2 is 2.27 bits per heavy atom. The summed E-state index contributed by atoms with van der Waals surface area (Å²) in [5.74, 6) is 0.0609. The predicted molar refractivity (Wildman–Crippen MR) is 60.3 cm³/mol. The van der Waals surface area contributed by atoms with Crippen LogP contribution < -0.4 is 0 Å². The Balaban J connectivity index is 2.71. The fourth-order valence-electron chi connectivity index (χ4n) is 1.60. The third-order valence-corrected chi connectivity index (χ3v) is 2.89. The maximum absolute atomic E-state index is 11.6. The van der Waals surface area contributed by atoms with Crippen LogP contribution in [-0.2, 0) is 7.05 Å². The molecule has 0 spiro atoms. The molecule has 1 aromatic heterocycles. The van der Waals surface area contributed by atoms with Gasteiger partial charge in [-0.15, -0.1) is 0 Å². The minimum atomic E-state index is 0.0609. The molecule has 0 fully saturated rings. The molecule has 0 bridgehead atoms. The van der Waals surface area contributed by atoms with Gasteiger partial charge in [0.2, 0.25) is 0 Å². The zero-order chi connectivity index (χ0) is 11.0. The molecule has 0 atom stereocenters. The van der Waals surface area contributed by atoms with Crippen LogP contribution in [0, 0.1) is 0 Å². The van der Waals surface area contributed by atoms with Crippen LogP contribution in [0.5, 0.6) is 0 Å². The number of halogens is 1. The highest BCUT2D eigenvalue weighted by atomic mass is 35.5. The summed E-state index contributed by atoms with van der Waals surface area (Å²) in [5, 5.41) is 5.44. The highest BCUT2D eigenvalue weighted by Gasteiger charge is 2.12. The molecule has 1 aromatic carbocycles. The monoisotopic (exact) mass is 222 g/mol. The van der Waals surface area contributed by atoms with Gasteiger partial charge in [-0.2, -0.15) is 5.10 Å². The van der Waals surface area contributed by atoms with Crippen LogP contribution in [0.25, 0.3) is 10.9 Å². The third kappa shape index (κ3) is 1.53. The largest absolute Gasteiger partial charge is 0.294 e. The summed E-state index contributed by atoms with van der Waals surface area (Å²) in [5.41, 5.74) is 1.52. The number of hydrogen-bond donors (Lipinski definition) is 0. The quantitative estimate of drug-likeness (QED) is 0.733. The van der Waals surface area contributed by atoms with E-state index in [0.29, 0.717) is 17.0 Å². The molecule has 0 aliphatic heterocycles. The number of nitrogens with zero attached hydrogens (tertiary/aromatic N) is 2. The molecule has 0 saturated carbocycles. The SMILES string of the molecule is CCC(=O)c1ccc2c(cnn2C)c1Cl. The number of Topliss-reactive ketones (excluding diaryl/α,β-unsaturated/α-hetero) is 1. The van der Waals surface area contributed by atoms with Gasteiger partial charge < -0.3 is 0 Å². The van der Waals surface area contributed by atoms with Gasteiger partial charge in [0.15, 0.2) is 5.78 Å². The Hall–Kier alpha value is -1.35.